The first-order valence-electron chi connectivity index (χ1n) is 7.54. The summed E-state index contributed by atoms with van der Waals surface area (Å²) in [6.45, 7) is 3.71. The van der Waals surface area contributed by atoms with E-state index in [1.807, 2.05) is 6.07 Å². The Morgan fingerprint density at radius 2 is 2.05 bits per heavy atom. The smallest absolute Gasteiger partial charge is 0.123 e. The van der Waals surface area contributed by atoms with Gasteiger partial charge in [0.25, 0.3) is 0 Å². The molecule has 2 aliphatic heterocycles. The van der Waals surface area contributed by atoms with E-state index in [9.17, 15) is 0 Å². The maximum atomic E-state index is 8.77. The van der Waals surface area contributed by atoms with E-state index in [0.717, 1.165) is 44.6 Å². The van der Waals surface area contributed by atoms with Gasteiger partial charge < -0.3 is 14.6 Å². The summed E-state index contributed by atoms with van der Waals surface area (Å²) in [5, 5.41) is 8.77. The summed E-state index contributed by atoms with van der Waals surface area (Å²) >= 11 is 0. The summed E-state index contributed by atoms with van der Waals surface area (Å²) in [6, 6.07) is 8.33. The van der Waals surface area contributed by atoms with Crippen LogP contribution in [0.4, 0.5) is 0 Å². The van der Waals surface area contributed by atoms with E-state index in [1.165, 1.54) is 5.56 Å². The van der Waals surface area contributed by atoms with E-state index in [1.54, 1.807) is 0 Å². The normalized spacial score (nSPS) is 23.6. The van der Waals surface area contributed by atoms with Crippen molar-refractivity contribution in [3.8, 4) is 5.75 Å². The number of piperidine rings is 1. The Labute approximate surface area is 120 Å². The van der Waals surface area contributed by atoms with Crippen molar-refractivity contribution in [3.63, 3.8) is 0 Å². The third kappa shape index (κ3) is 3.32. The topological polar surface area (TPSA) is 41.9 Å². The van der Waals surface area contributed by atoms with Gasteiger partial charge in [0.2, 0.25) is 0 Å². The number of fused-ring (bicyclic) bond motifs is 1. The number of aliphatic hydroxyl groups is 1. The zero-order valence-corrected chi connectivity index (χ0v) is 11.8. The maximum Gasteiger partial charge on any atom is 0.123 e. The van der Waals surface area contributed by atoms with Crippen molar-refractivity contribution in [3.05, 3.63) is 29.8 Å². The molecule has 0 radical (unpaired) electrons. The van der Waals surface area contributed by atoms with E-state index in [2.05, 4.69) is 23.1 Å². The van der Waals surface area contributed by atoms with Crippen LogP contribution in [0.15, 0.2) is 24.3 Å². The molecule has 4 nitrogen and oxygen atoms in total. The molecule has 1 unspecified atom stereocenters. The highest BCUT2D eigenvalue weighted by Gasteiger charge is 2.27. The van der Waals surface area contributed by atoms with Gasteiger partial charge in [-0.25, -0.2) is 0 Å². The van der Waals surface area contributed by atoms with E-state index >= 15 is 0 Å². The highest BCUT2D eigenvalue weighted by molar-refractivity contribution is 5.37. The molecule has 1 fully saturated rings. The number of rotatable bonds is 5. The standard InChI is InChI=1S/C16H23NO3/c18-9-10-19-14-5-7-17(8-6-14)12-15-11-13-3-1-2-4-16(13)20-15/h1-4,14-15,18H,5-12H2. The molecule has 0 amide bonds. The molecule has 4 heteroatoms. The minimum absolute atomic E-state index is 0.119. The van der Waals surface area contributed by atoms with E-state index < -0.39 is 0 Å². The summed E-state index contributed by atoms with van der Waals surface area (Å²) < 4.78 is 11.6. The number of benzene rings is 1. The van der Waals surface area contributed by atoms with Gasteiger partial charge in [0.1, 0.15) is 11.9 Å². The summed E-state index contributed by atoms with van der Waals surface area (Å²) in [7, 11) is 0. The third-order valence-electron chi connectivity index (χ3n) is 4.16. The highest BCUT2D eigenvalue weighted by atomic mass is 16.5. The minimum atomic E-state index is 0.119. The van der Waals surface area contributed by atoms with Gasteiger partial charge in [-0.1, -0.05) is 18.2 Å². The number of ether oxygens (including phenoxy) is 2. The van der Waals surface area contributed by atoms with Crippen LogP contribution in [0.2, 0.25) is 0 Å². The van der Waals surface area contributed by atoms with Crippen molar-refractivity contribution in [2.24, 2.45) is 0 Å². The molecule has 0 aliphatic carbocycles. The van der Waals surface area contributed by atoms with Crippen molar-refractivity contribution >= 4 is 0 Å². The maximum absolute atomic E-state index is 8.77. The molecular weight excluding hydrogens is 254 g/mol. The van der Waals surface area contributed by atoms with Gasteiger partial charge in [0.05, 0.1) is 19.3 Å². The Morgan fingerprint density at radius 1 is 1.25 bits per heavy atom. The molecule has 0 bridgehead atoms. The monoisotopic (exact) mass is 277 g/mol. The van der Waals surface area contributed by atoms with Gasteiger partial charge in [-0.3, -0.25) is 4.90 Å². The lowest BCUT2D eigenvalue weighted by Gasteiger charge is -2.33. The van der Waals surface area contributed by atoms with E-state index in [-0.39, 0.29) is 6.61 Å². The van der Waals surface area contributed by atoms with E-state index in [0.29, 0.717) is 18.8 Å². The average Bonchev–Trinajstić information content (AvgIpc) is 2.89. The number of hydrogen-bond acceptors (Lipinski definition) is 4. The van der Waals surface area contributed by atoms with Crippen LogP contribution in [-0.4, -0.2) is 55.1 Å². The zero-order valence-electron chi connectivity index (χ0n) is 11.8. The molecule has 2 aliphatic rings. The molecule has 2 heterocycles. The summed E-state index contributed by atoms with van der Waals surface area (Å²) in [5.74, 6) is 1.05. The van der Waals surface area contributed by atoms with Crippen LogP contribution in [0, 0.1) is 0 Å². The van der Waals surface area contributed by atoms with Gasteiger partial charge in [-0.15, -0.1) is 0 Å². The first kappa shape index (κ1) is 13.9. The molecule has 20 heavy (non-hydrogen) atoms. The van der Waals surface area contributed by atoms with Crippen LogP contribution in [0.25, 0.3) is 0 Å². The molecule has 1 atom stereocenters. The largest absolute Gasteiger partial charge is 0.488 e. The lowest BCUT2D eigenvalue weighted by molar-refractivity contribution is -0.0123. The molecule has 1 aromatic rings. The summed E-state index contributed by atoms with van der Waals surface area (Å²) in [4.78, 5) is 2.47. The predicted octanol–water partition coefficient (Wildman–Crippen LogP) is 1.46. The highest BCUT2D eigenvalue weighted by Crippen LogP contribution is 2.29. The number of aliphatic hydroxyl groups excluding tert-OH is 1. The number of likely N-dealkylation sites (tertiary alicyclic amines) is 1. The predicted molar refractivity (Wildman–Crippen MR) is 77.1 cm³/mol. The number of para-hydroxylation sites is 1. The molecule has 0 saturated carbocycles. The van der Waals surface area contributed by atoms with Crippen molar-refractivity contribution in [2.75, 3.05) is 32.8 Å². The number of hydrogen-bond donors (Lipinski definition) is 1. The van der Waals surface area contributed by atoms with Gasteiger partial charge in [-0.2, -0.15) is 0 Å². The van der Waals surface area contributed by atoms with Crippen LogP contribution in [-0.2, 0) is 11.2 Å². The molecule has 110 valence electrons. The fraction of sp³-hybridized carbons (Fsp3) is 0.625. The number of nitrogens with zero attached hydrogens (tertiary/aromatic N) is 1. The molecule has 1 N–H and O–H groups in total. The first-order valence-corrected chi connectivity index (χ1v) is 7.54. The van der Waals surface area contributed by atoms with Crippen molar-refractivity contribution < 1.29 is 14.6 Å². The van der Waals surface area contributed by atoms with Crippen LogP contribution in [0.1, 0.15) is 18.4 Å². The third-order valence-corrected chi connectivity index (χ3v) is 4.16. The summed E-state index contributed by atoms with van der Waals surface area (Å²) in [6.07, 6.45) is 3.75. The van der Waals surface area contributed by atoms with Gasteiger partial charge in [0.15, 0.2) is 0 Å². The second-order valence-corrected chi connectivity index (χ2v) is 5.65. The quantitative estimate of drug-likeness (QED) is 0.885. The summed E-state index contributed by atoms with van der Waals surface area (Å²) in [5.41, 5.74) is 1.33. The van der Waals surface area contributed by atoms with Crippen LogP contribution in [0.5, 0.6) is 5.75 Å². The van der Waals surface area contributed by atoms with Crippen molar-refractivity contribution in [1.29, 1.82) is 0 Å². The average molecular weight is 277 g/mol. The first-order chi connectivity index (χ1) is 9.85. The molecule has 1 saturated heterocycles. The Bertz CT molecular complexity index is 404. The van der Waals surface area contributed by atoms with Crippen LogP contribution < -0.4 is 4.74 Å². The fourth-order valence-electron chi connectivity index (χ4n) is 3.12. The van der Waals surface area contributed by atoms with Crippen LogP contribution >= 0.6 is 0 Å². The van der Waals surface area contributed by atoms with Crippen LogP contribution in [0.3, 0.4) is 0 Å². The van der Waals surface area contributed by atoms with Crippen molar-refractivity contribution in [2.45, 2.75) is 31.5 Å². The fourth-order valence-corrected chi connectivity index (χ4v) is 3.12. The van der Waals surface area contributed by atoms with E-state index in [4.69, 9.17) is 14.6 Å². The lowest BCUT2D eigenvalue weighted by Crippen LogP contribution is -2.42. The van der Waals surface area contributed by atoms with Gasteiger partial charge >= 0.3 is 0 Å². The van der Waals surface area contributed by atoms with Crippen molar-refractivity contribution in [1.82, 2.24) is 4.90 Å². The zero-order chi connectivity index (χ0) is 13.8. The molecule has 0 spiro atoms. The molecule has 3 rings (SSSR count). The molecule has 0 aromatic heterocycles. The molecular formula is C16H23NO3. The molecule has 1 aromatic carbocycles. The SMILES string of the molecule is OCCOC1CCN(CC2Cc3ccccc3O2)CC1. The second kappa shape index (κ2) is 6.57. The van der Waals surface area contributed by atoms with Gasteiger partial charge in [0, 0.05) is 26.1 Å². The Hall–Kier alpha value is -1.10. The lowest BCUT2D eigenvalue weighted by atomic mass is 10.1. The Balaban J connectivity index is 1.43. The minimum Gasteiger partial charge on any atom is -0.488 e. The Morgan fingerprint density at radius 3 is 2.80 bits per heavy atom. The second-order valence-electron chi connectivity index (χ2n) is 5.65. The van der Waals surface area contributed by atoms with Gasteiger partial charge in [-0.05, 0) is 24.5 Å². The Kier molecular flexibility index (Phi) is 4.55.